The molecule has 1 N–H and O–H groups in total. The number of carboxylic acids is 1. The number of ether oxygens (including phenoxy) is 1. The number of aromatic carboxylic acids is 1. The normalized spacial score (nSPS) is 10.1. The Morgan fingerprint density at radius 1 is 1.38 bits per heavy atom. The van der Waals surface area contributed by atoms with E-state index in [0.29, 0.717) is 4.88 Å². The Kier molecular flexibility index (Phi) is 2.87. The quantitative estimate of drug-likeness (QED) is 0.888. The Morgan fingerprint density at radius 3 is 2.62 bits per heavy atom. The Balaban J connectivity index is 2.58. The van der Waals surface area contributed by atoms with Gasteiger partial charge in [0.05, 0.1) is 12.0 Å². The molecule has 4 nitrogen and oxygen atoms in total. The molecule has 0 amide bonds. The van der Waals surface area contributed by atoms with Crippen LogP contribution in [0.15, 0.2) is 30.3 Å². The first kappa shape index (κ1) is 10.6. The molecule has 0 aliphatic rings. The van der Waals surface area contributed by atoms with Gasteiger partial charge in [-0.05, 0) is 17.1 Å². The fraction of sp³-hybridized carbons (Fsp3) is 0.0909. The molecule has 0 aliphatic heterocycles. The highest BCUT2D eigenvalue weighted by Gasteiger charge is 2.21. The largest absolute Gasteiger partial charge is 0.480 e. The van der Waals surface area contributed by atoms with Crippen molar-refractivity contribution in [1.82, 2.24) is 4.37 Å². The number of methoxy groups -OCH3 is 1. The van der Waals surface area contributed by atoms with Gasteiger partial charge in [-0.15, -0.1) is 0 Å². The van der Waals surface area contributed by atoms with Crippen molar-refractivity contribution in [3.63, 3.8) is 0 Å². The molecule has 0 unspecified atom stereocenters. The lowest BCUT2D eigenvalue weighted by Gasteiger charge is -2.00. The van der Waals surface area contributed by atoms with Crippen LogP contribution in [0.4, 0.5) is 0 Å². The number of hydrogen-bond acceptors (Lipinski definition) is 4. The van der Waals surface area contributed by atoms with Gasteiger partial charge >= 0.3 is 5.97 Å². The summed E-state index contributed by atoms with van der Waals surface area (Å²) in [6.07, 6.45) is 0. The first-order valence-electron chi connectivity index (χ1n) is 4.56. The second kappa shape index (κ2) is 4.32. The maximum atomic E-state index is 11.1. The zero-order chi connectivity index (χ0) is 11.5. The summed E-state index contributed by atoms with van der Waals surface area (Å²) in [5, 5.41) is 9.11. The van der Waals surface area contributed by atoms with Gasteiger partial charge in [-0.1, -0.05) is 30.3 Å². The van der Waals surface area contributed by atoms with Crippen molar-refractivity contribution in [2.45, 2.75) is 0 Å². The van der Waals surface area contributed by atoms with Crippen LogP contribution < -0.4 is 4.74 Å². The predicted molar refractivity (Wildman–Crippen MR) is 61.1 cm³/mol. The van der Waals surface area contributed by atoms with E-state index in [1.165, 1.54) is 7.11 Å². The summed E-state index contributed by atoms with van der Waals surface area (Å²) < 4.78 is 8.90. The molecule has 5 heteroatoms. The number of aromatic nitrogens is 1. The topological polar surface area (TPSA) is 59.4 Å². The lowest BCUT2D eigenvalue weighted by Crippen LogP contribution is -1.99. The van der Waals surface area contributed by atoms with Gasteiger partial charge in [0.15, 0.2) is 0 Å². The third kappa shape index (κ3) is 1.77. The number of hydrogen-bond donors (Lipinski definition) is 1. The van der Waals surface area contributed by atoms with Crippen LogP contribution in [0.1, 0.15) is 10.4 Å². The van der Waals surface area contributed by atoms with Crippen LogP contribution in [0.25, 0.3) is 10.4 Å². The van der Waals surface area contributed by atoms with Gasteiger partial charge < -0.3 is 9.84 Å². The van der Waals surface area contributed by atoms with Crippen molar-refractivity contribution >= 4 is 17.5 Å². The molecule has 1 aromatic carbocycles. The maximum Gasteiger partial charge on any atom is 0.342 e. The van der Waals surface area contributed by atoms with Crippen LogP contribution >= 0.6 is 11.5 Å². The number of nitrogens with zero attached hydrogens (tertiary/aromatic N) is 1. The van der Waals surface area contributed by atoms with Crippen LogP contribution in [0.3, 0.4) is 0 Å². The second-order valence-corrected chi connectivity index (χ2v) is 3.84. The first-order chi connectivity index (χ1) is 7.74. The molecule has 1 heterocycles. The molecule has 0 fully saturated rings. The molecule has 16 heavy (non-hydrogen) atoms. The van der Waals surface area contributed by atoms with Crippen LogP contribution in [0, 0.1) is 0 Å². The van der Waals surface area contributed by atoms with E-state index in [9.17, 15) is 4.79 Å². The van der Waals surface area contributed by atoms with Gasteiger partial charge in [-0.25, -0.2) is 4.79 Å². The summed E-state index contributed by atoms with van der Waals surface area (Å²) in [6, 6.07) is 9.28. The highest BCUT2D eigenvalue weighted by molar-refractivity contribution is 7.10. The number of carboxylic acid groups (broad SMARTS) is 1. The molecule has 0 saturated carbocycles. The standard InChI is InChI=1S/C11H9NO3S/c1-15-10-8(11(13)14)9(16-12-10)7-5-3-2-4-6-7/h2-6H,1H3,(H,13,14). The highest BCUT2D eigenvalue weighted by atomic mass is 32.1. The fourth-order valence-electron chi connectivity index (χ4n) is 1.39. The van der Waals surface area contributed by atoms with E-state index >= 15 is 0 Å². The molecule has 2 rings (SSSR count). The smallest absolute Gasteiger partial charge is 0.342 e. The average molecular weight is 235 g/mol. The summed E-state index contributed by atoms with van der Waals surface area (Å²) in [7, 11) is 1.41. The van der Waals surface area contributed by atoms with E-state index in [0.717, 1.165) is 17.1 Å². The Hall–Kier alpha value is -1.88. The van der Waals surface area contributed by atoms with Crippen molar-refractivity contribution in [1.29, 1.82) is 0 Å². The van der Waals surface area contributed by atoms with E-state index in [1.807, 2.05) is 30.3 Å². The Morgan fingerprint density at radius 2 is 2.06 bits per heavy atom. The van der Waals surface area contributed by atoms with Gasteiger partial charge in [0.25, 0.3) is 0 Å². The number of rotatable bonds is 3. The summed E-state index contributed by atoms with van der Waals surface area (Å²) >= 11 is 1.13. The molecular weight excluding hydrogens is 226 g/mol. The van der Waals surface area contributed by atoms with Crippen molar-refractivity contribution in [3.05, 3.63) is 35.9 Å². The third-order valence-corrected chi connectivity index (χ3v) is 2.98. The lowest BCUT2D eigenvalue weighted by molar-refractivity contribution is 0.0694. The van der Waals surface area contributed by atoms with Gasteiger partial charge in [0.2, 0.25) is 5.88 Å². The molecule has 2 aromatic rings. The van der Waals surface area contributed by atoms with Crippen LogP contribution in [0.2, 0.25) is 0 Å². The van der Waals surface area contributed by atoms with E-state index in [2.05, 4.69) is 4.37 Å². The van der Waals surface area contributed by atoms with Crippen molar-refractivity contribution in [2.24, 2.45) is 0 Å². The van der Waals surface area contributed by atoms with E-state index in [-0.39, 0.29) is 11.4 Å². The molecule has 0 saturated heterocycles. The zero-order valence-corrected chi connectivity index (χ0v) is 9.32. The minimum absolute atomic E-state index is 0.124. The maximum absolute atomic E-state index is 11.1. The Bertz CT molecular complexity index is 507. The predicted octanol–water partition coefficient (Wildman–Crippen LogP) is 2.52. The zero-order valence-electron chi connectivity index (χ0n) is 8.51. The lowest BCUT2D eigenvalue weighted by atomic mass is 10.1. The highest BCUT2D eigenvalue weighted by Crippen LogP contribution is 2.34. The minimum Gasteiger partial charge on any atom is -0.480 e. The van der Waals surface area contributed by atoms with Crippen molar-refractivity contribution in [2.75, 3.05) is 7.11 Å². The van der Waals surface area contributed by atoms with E-state index in [4.69, 9.17) is 9.84 Å². The van der Waals surface area contributed by atoms with Crippen LogP contribution in [-0.4, -0.2) is 22.6 Å². The summed E-state index contributed by atoms with van der Waals surface area (Å²) in [5.41, 5.74) is 0.958. The summed E-state index contributed by atoms with van der Waals surface area (Å²) in [4.78, 5) is 11.7. The van der Waals surface area contributed by atoms with Gasteiger partial charge in [0.1, 0.15) is 5.56 Å². The van der Waals surface area contributed by atoms with E-state index < -0.39 is 5.97 Å². The first-order valence-corrected chi connectivity index (χ1v) is 5.33. The summed E-state index contributed by atoms with van der Waals surface area (Å²) in [6.45, 7) is 0. The minimum atomic E-state index is -1.02. The van der Waals surface area contributed by atoms with Crippen molar-refractivity contribution < 1.29 is 14.6 Å². The second-order valence-electron chi connectivity index (χ2n) is 3.07. The van der Waals surface area contributed by atoms with Gasteiger partial charge in [0, 0.05) is 0 Å². The van der Waals surface area contributed by atoms with Crippen LogP contribution in [-0.2, 0) is 0 Å². The number of benzene rings is 1. The third-order valence-electron chi connectivity index (χ3n) is 2.10. The molecule has 0 atom stereocenters. The SMILES string of the molecule is COc1nsc(-c2ccccc2)c1C(=O)O. The molecule has 0 aliphatic carbocycles. The van der Waals surface area contributed by atoms with Crippen LogP contribution in [0.5, 0.6) is 5.88 Å². The molecule has 0 bridgehead atoms. The number of carbonyl (C=O) groups is 1. The molecule has 0 radical (unpaired) electrons. The molecule has 82 valence electrons. The molecule has 1 aromatic heterocycles. The monoisotopic (exact) mass is 235 g/mol. The van der Waals surface area contributed by atoms with Gasteiger partial charge in [-0.2, -0.15) is 4.37 Å². The fourth-order valence-corrected chi connectivity index (χ4v) is 2.24. The Labute approximate surface area is 96.3 Å². The summed E-state index contributed by atoms with van der Waals surface area (Å²) in [5.74, 6) is -0.860. The van der Waals surface area contributed by atoms with Gasteiger partial charge in [-0.3, -0.25) is 0 Å². The average Bonchev–Trinajstić information content (AvgIpc) is 2.73. The van der Waals surface area contributed by atoms with E-state index in [1.54, 1.807) is 0 Å². The van der Waals surface area contributed by atoms with Crippen molar-refractivity contribution in [3.8, 4) is 16.3 Å². The molecule has 0 spiro atoms. The molecular formula is C11H9NO3S.